The maximum absolute atomic E-state index is 5.78. The molecule has 0 unspecified atom stereocenters. The van der Waals surface area contributed by atoms with Crippen molar-refractivity contribution in [2.45, 2.75) is 6.92 Å². The van der Waals surface area contributed by atoms with Crippen LogP contribution in [-0.4, -0.2) is 0 Å². The summed E-state index contributed by atoms with van der Waals surface area (Å²) in [5.74, 6) is 1.75. The zero-order valence-electron chi connectivity index (χ0n) is 7.75. The van der Waals surface area contributed by atoms with Crippen LogP contribution in [0.25, 0.3) is 11.3 Å². The van der Waals surface area contributed by atoms with Crippen molar-refractivity contribution in [1.29, 1.82) is 0 Å². The van der Waals surface area contributed by atoms with E-state index in [4.69, 9.17) is 10.2 Å². The van der Waals surface area contributed by atoms with Crippen LogP contribution in [0.2, 0.25) is 0 Å². The zero-order chi connectivity index (χ0) is 10.1. The number of furan rings is 1. The summed E-state index contributed by atoms with van der Waals surface area (Å²) in [5.41, 5.74) is 7.49. The van der Waals surface area contributed by atoms with Crippen LogP contribution in [0.1, 0.15) is 5.76 Å². The van der Waals surface area contributed by atoms with Crippen molar-refractivity contribution in [2.24, 2.45) is 0 Å². The van der Waals surface area contributed by atoms with E-state index >= 15 is 0 Å². The number of aryl methyl sites for hydroxylation is 1. The SMILES string of the molecule is Cc1ccc(-c2ccc(Br)c(N)c2)o1. The predicted octanol–water partition coefficient (Wildman–Crippen LogP) is 3.60. The monoisotopic (exact) mass is 251 g/mol. The third kappa shape index (κ3) is 1.68. The van der Waals surface area contributed by atoms with Crippen LogP contribution in [0.15, 0.2) is 39.2 Å². The molecule has 0 amide bonds. The highest BCUT2D eigenvalue weighted by Crippen LogP contribution is 2.27. The van der Waals surface area contributed by atoms with E-state index in [1.807, 2.05) is 37.3 Å². The Kier molecular flexibility index (Phi) is 2.33. The van der Waals surface area contributed by atoms with E-state index < -0.39 is 0 Å². The number of hydrogen-bond donors (Lipinski definition) is 1. The van der Waals surface area contributed by atoms with Crippen LogP contribution in [0, 0.1) is 6.92 Å². The molecule has 1 aromatic carbocycles. The lowest BCUT2D eigenvalue weighted by Gasteiger charge is -2.00. The Morgan fingerprint density at radius 1 is 1.21 bits per heavy atom. The van der Waals surface area contributed by atoms with Crippen molar-refractivity contribution in [3.8, 4) is 11.3 Å². The largest absolute Gasteiger partial charge is 0.461 e. The first kappa shape index (κ1) is 9.34. The molecule has 1 heterocycles. The van der Waals surface area contributed by atoms with Crippen LogP contribution in [0.3, 0.4) is 0 Å². The number of benzene rings is 1. The molecule has 0 fully saturated rings. The molecule has 0 aliphatic carbocycles. The number of nitrogens with two attached hydrogens (primary N) is 1. The summed E-state index contributed by atoms with van der Waals surface area (Å²) >= 11 is 3.35. The molecule has 2 N–H and O–H groups in total. The van der Waals surface area contributed by atoms with Crippen molar-refractivity contribution in [3.63, 3.8) is 0 Å². The molecule has 3 heteroatoms. The minimum absolute atomic E-state index is 0.719. The highest BCUT2D eigenvalue weighted by Gasteiger charge is 2.04. The van der Waals surface area contributed by atoms with Gasteiger partial charge in [-0.2, -0.15) is 0 Å². The van der Waals surface area contributed by atoms with Gasteiger partial charge < -0.3 is 10.2 Å². The van der Waals surface area contributed by atoms with Gasteiger partial charge in [0.2, 0.25) is 0 Å². The van der Waals surface area contributed by atoms with Crippen molar-refractivity contribution in [3.05, 3.63) is 40.6 Å². The van der Waals surface area contributed by atoms with Gasteiger partial charge in [0.25, 0.3) is 0 Å². The highest BCUT2D eigenvalue weighted by molar-refractivity contribution is 9.10. The van der Waals surface area contributed by atoms with Crippen LogP contribution < -0.4 is 5.73 Å². The molecule has 0 spiro atoms. The number of hydrogen-bond acceptors (Lipinski definition) is 2. The summed E-state index contributed by atoms with van der Waals surface area (Å²) in [6.45, 7) is 1.92. The van der Waals surface area contributed by atoms with Gasteiger partial charge in [-0.15, -0.1) is 0 Å². The van der Waals surface area contributed by atoms with Gasteiger partial charge in [0.1, 0.15) is 11.5 Å². The fourth-order valence-corrected chi connectivity index (χ4v) is 1.53. The number of anilines is 1. The summed E-state index contributed by atoms with van der Waals surface area (Å²) in [6.07, 6.45) is 0. The molecule has 2 nitrogen and oxygen atoms in total. The van der Waals surface area contributed by atoms with Gasteiger partial charge >= 0.3 is 0 Å². The maximum atomic E-state index is 5.78. The Morgan fingerprint density at radius 2 is 2.00 bits per heavy atom. The van der Waals surface area contributed by atoms with E-state index in [1.165, 1.54) is 0 Å². The Bertz CT molecular complexity index is 462. The van der Waals surface area contributed by atoms with Crippen molar-refractivity contribution in [1.82, 2.24) is 0 Å². The molecular weight excluding hydrogens is 242 g/mol. The standard InChI is InChI=1S/C11H10BrNO/c1-7-2-5-11(14-7)8-3-4-9(12)10(13)6-8/h2-6H,13H2,1H3. The van der Waals surface area contributed by atoms with E-state index in [-0.39, 0.29) is 0 Å². The lowest BCUT2D eigenvalue weighted by Crippen LogP contribution is -1.86. The first-order chi connectivity index (χ1) is 6.66. The fraction of sp³-hybridized carbons (Fsp3) is 0.0909. The van der Waals surface area contributed by atoms with Gasteiger partial charge in [-0.3, -0.25) is 0 Å². The summed E-state index contributed by atoms with van der Waals surface area (Å²) in [5, 5.41) is 0. The summed E-state index contributed by atoms with van der Waals surface area (Å²) in [7, 11) is 0. The molecule has 0 bridgehead atoms. The minimum Gasteiger partial charge on any atom is -0.461 e. The van der Waals surface area contributed by atoms with Crippen LogP contribution in [0.4, 0.5) is 5.69 Å². The third-order valence-corrected chi connectivity index (χ3v) is 2.74. The predicted molar refractivity (Wildman–Crippen MR) is 61.0 cm³/mol. The van der Waals surface area contributed by atoms with Crippen molar-refractivity contribution >= 4 is 21.6 Å². The fourth-order valence-electron chi connectivity index (χ4n) is 1.29. The second-order valence-corrected chi connectivity index (χ2v) is 4.00. The molecule has 0 aliphatic heterocycles. The summed E-state index contributed by atoms with van der Waals surface area (Å²) in [4.78, 5) is 0. The van der Waals surface area contributed by atoms with E-state index in [0.717, 1.165) is 27.2 Å². The highest BCUT2D eigenvalue weighted by atomic mass is 79.9. The third-order valence-electron chi connectivity index (χ3n) is 2.02. The average Bonchev–Trinajstić information content (AvgIpc) is 2.57. The van der Waals surface area contributed by atoms with Gasteiger partial charge in [-0.1, -0.05) is 0 Å². The second-order valence-electron chi connectivity index (χ2n) is 3.15. The minimum atomic E-state index is 0.719. The molecule has 2 rings (SSSR count). The number of rotatable bonds is 1. The zero-order valence-corrected chi connectivity index (χ0v) is 9.34. The molecule has 0 atom stereocenters. The number of halogens is 1. The lowest BCUT2D eigenvalue weighted by atomic mass is 10.1. The van der Waals surface area contributed by atoms with Gasteiger partial charge in [0, 0.05) is 15.7 Å². The molecule has 1 aromatic heterocycles. The van der Waals surface area contributed by atoms with Crippen LogP contribution in [-0.2, 0) is 0 Å². The Balaban J connectivity index is 2.47. The molecule has 2 aromatic rings. The van der Waals surface area contributed by atoms with E-state index in [0.29, 0.717) is 0 Å². The average molecular weight is 252 g/mol. The number of nitrogen functional groups attached to an aromatic ring is 1. The second kappa shape index (κ2) is 3.50. The maximum Gasteiger partial charge on any atom is 0.134 e. The molecule has 14 heavy (non-hydrogen) atoms. The molecule has 0 aliphatic rings. The topological polar surface area (TPSA) is 39.2 Å². The normalized spacial score (nSPS) is 10.4. The Hall–Kier alpha value is -1.22. The molecule has 0 radical (unpaired) electrons. The summed E-state index contributed by atoms with van der Waals surface area (Å²) < 4.78 is 6.40. The lowest BCUT2D eigenvalue weighted by molar-refractivity contribution is 0.548. The van der Waals surface area contributed by atoms with Crippen LogP contribution >= 0.6 is 15.9 Å². The van der Waals surface area contributed by atoms with E-state index in [2.05, 4.69) is 15.9 Å². The van der Waals surface area contributed by atoms with Gasteiger partial charge in [-0.05, 0) is 53.2 Å². The van der Waals surface area contributed by atoms with Crippen molar-refractivity contribution in [2.75, 3.05) is 5.73 Å². The first-order valence-electron chi connectivity index (χ1n) is 4.28. The summed E-state index contributed by atoms with van der Waals surface area (Å²) in [6, 6.07) is 9.66. The first-order valence-corrected chi connectivity index (χ1v) is 5.08. The quantitative estimate of drug-likeness (QED) is 0.787. The molecule has 72 valence electrons. The van der Waals surface area contributed by atoms with E-state index in [9.17, 15) is 0 Å². The van der Waals surface area contributed by atoms with E-state index in [1.54, 1.807) is 0 Å². The van der Waals surface area contributed by atoms with Gasteiger partial charge in [0.05, 0.1) is 0 Å². The van der Waals surface area contributed by atoms with Gasteiger partial charge in [0.15, 0.2) is 0 Å². The Labute approximate surface area is 90.9 Å². The van der Waals surface area contributed by atoms with Crippen molar-refractivity contribution < 1.29 is 4.42 Å². The molecule has 0 saturated heterocycles. The molecular formula is C11H10BrNO. The Morgan fingerprint density at radius 3 is 2.57 bits per heavy atom. The van der Waals surface area contributed by atoms with Gasteiger partial charge in [-0.25, -0.2) is 0 Å². The van der Waals surface area contributed by atoms with Crippen LogP contribution in [0.5, 0.6) is 0 Å². The smallest absolute Gasteiger partial charge is 0.134 e. The molecule has 0 saturated carbocycles.